The molecule has 1 saturated heterocycles. The van der Waals surface area contributed by atoms with Gasteiger partial charge in [0, 0.05) is 0 Å². The van der Waals surface area contributed by atoms with E-state index in [1.807, 2.05) is 18.2 Å². The minimum atomic E-state index is -2.18. The van der Waals surface area contributed by atoms with Gasteiger partial charge in [-0.05, 0) is 28.6 Å². The Balaban J connectivity index is 2.02. The molecule has 3 nitrogen and oxygen atoms in total. The van der Waals surface area contributed by atoms with E-state index in [0.717, 1.165) is 0 Å². The van der Waals surface area contributed by atoms with Crippen molar-refractivity contribution >= 4 is 34.6 Å². The molecule has 0 bridgehead atoms. The molecule has 3 aromatic rings. The summed E-state index contributed by atoms with van der Waals surface area (Å²) in [7, 11) is 0. The molecule has 0 aliphatic carbocycles. The molecule has 27 heavy (non-hydrogen) atoms. The average Bonchev–Trinajstić information content (AvgIpc) is 2.74. The third-order valence-corrected chi connectivity index (χ3v) is 8.70. The first kappa shape index (κ1) is 17.8. The van der Waals surface area contributed by atoms with Crippen LogP contribution in [0.2, 0.25) is 0 Å². The molecule has 0 amide bonds. The summed E-state index contributed by atoms with van der Waals surface area (Å²) in [6.45, 7) is -1.79. The molecule has 4 rings (SSSR count). The van der Waals surface area contributed by atoms with E-state index in [9.17, 15) is 4.79 Å². The van der Waals surface area contributed by atoms with Crippen LogP contribution in [0.15, 0.2) is 91.0 Å². The minimum absolute atomic E-state index is 0.213. The molecule has 0 aromatic heterocycles. The number of rotatable bonds is 4. The summed E-state index contributed by atoms with van der Waals surface area (Å²) in [6, 6.07) is 31.3. The Bertz CT molecular complexity index is 849. The minimum Gasteiger partial charge on any atom is -0.432 e. The highest BCUT2D eigenvalue weighted by Gasteiger charge is 2.29. The molecule has 0 radical (unpaired) electrons. The van der Waals surface area contributed by atoms with E-state index >= 15 is 0 Å². The molecule has 0 N–H and O–H groups in total. The Labute approximate surface area is 159 Å². The number of esters is 1. The summed E-state index contributed by atoms with van der Waals surface area (Å²) in [6.07, 6.45) is -0.349. The average molecular weight is 376 g/mol. The fourth-order valence-electron chi connectivity index (χ4n) is 3.43. The van der Waals surface area contributed by atoms with Gasteiger partial charge in [0.2, 0.25) is 6.29 Å². The standard InChI is InChI=1S/C23H21O3P/c24-22-16-17-25-23(26-22)18-27(19-10-4-1-5-11-19,20-12-6-2-7-13-20)21-14-8-3-9-15-21/h1-15,18,23H,16-17H2. The molecular formula is C23H21O3P. The molecule has 0 spiro atoms. The number of benzene rings is 3. The first-order valence-corrected chi connectivity index (χ1v) is 10.9. The monoisotopic (exact) mass is 376 g/mol. The molecule has 1 atom stereocenters. The Morgan fingerprint density at radius 3 is 1.59 bits per heavy atom. The van der Waals surface area contributed by atoms with E-state index < -0.39 is 13.2 Å². The molecular weight excluding hydrogens is 355 g/mol. The van der Waals surface area contributed by atoms with Crippen molar-refractivity contribution in [1.29, 1.82) is 0 Å². The number of cyclic esters (lactones) is 1. The quantitative estimate of drug-likeness (QED) is 0.519. The maximum atomic E-state index is 11.9. The van der Waals surface area contributed by atoms with Crippen molar-refractivity contribution in [2.45, 2.75) is 12.7 Å². The van der Waals surface area contributed by atoms with Gasteiger partial charge < -0.3 is 9.47 Å². The second-order valence-electron chi connectivity index (χ2n) is 6.36. The first-order chi connectivity index (χ1) is 13.3. The van der Waals surface area contributed by atoms with Crippen molar-refractivity contribution in [2.75, 3.05) is 6.61 Å². The maximum absolute atomic E-state index is 11.9. The zero-order valence-electron chi connectivity index (χ0n) is 14.9. The lowest BCUT2D eigenvalue weighted by molar-refractivity contribution is -0.179. The van der Waals surface area contributed by atoms with E-state index in [-0.39, 0.29) is 5.97 Å². The van der Waals surface area contributed by atoms with Gasteiger partial charge in [-0.2, -0.15) is 0 Å². The lowest BCUT2D eigenvalue weighted by Gasteiger charge is -2.31. The first-order valence-electron chi connectivity index (χ1n) is 9.02. The van der Waals surface area contributed by atoms with Crippen molar-refractivity contribution < 1.29 is 14.3 Å². The van der Waals surface area contributed by atoms with Crippen LogP contribution >= 0.6 is 6.89 Å². The predicted molar refractivity (Wildman–Crippen MR) is 112 cm³/mol. The topological polar surface area (TPSA) is 35.5 Å². The van der Waals surface area contributed by atoms with Gasteiger partial charge in [0.05, 0.1) is 13.0 Å². The van der Waals surface area contributed by atoms with Gasteiger partial charge in [-0.25, -0.2) is 0 Å². The number of carbonyl (C=O) groups excluding carboxylic acids is 1. The van der Waals surface area contributed by atoms with Gasteiger partial charge in [0.25, 0.3) is 0 Å². The van der Waals surface area contributed by atoms with E-state index in [1.54, 1.807) is 0 Å². The lowest BCUT2D eigenvalue weighted by atomic mass is 10.4. The molecule has 1 aliphatic heterocycles. The van der Waals surface area contributed by atoms with Crippen LogP contribution in [0.3, 0.4) is 0 Å². The highest BCUT2D eigenvalue weighted by molar-refractivity contribution is 7.94. The Morgan fingerprint density at radius 1 is 0.741 bits per heavy atom. The van der Waals surface area contributed by atoms with Crippen LogP contribution in [0, 0.1) is 0 Å². The van der Waals surface area contributed by atoms with Crippen LogP contribution in [0.1, 0.15) is 6.42 Å². The summed E-state index contributed by atoms with van der Waals surface area (Å²) in [4.78, 5) is 11.9. The van der Waals surface area contributed by atoms with Crippen LogP contribution in [0.25, 0.3) is 0 Å². The predicted octanol–water partition coefficient (Wildman–Crippen LogP) is 3.07. The zero-order valence-corrected chi connectivity index (χ0v) is 15.8. The van der Waals surface area contributed by atoms with Crippen LogP contribution in [0.4, 0.5) is 0 Å². The summed E-state index contributed by atoms with van der Waals surface area (Å²) >= 11 is 0. The smallest absolute Gasteiger partial charge is 0.310 e. The van der Waals surface area contributed by atoms with E-state index in [4.69, 9.17) is 9.47 Å². The fourth-order valence-corrected chi connectivity index (χ4v) is 7.28. The van der Waals surface area contributed by atoms with Crippen LogP contribution in [-0.2, 0) is 14.3 Å². The van der Waals surface area contributed by atoms with Crippen molar-refractivity contribution in [3.05, 3.63) is 91.0 Å². The molecule has 1 heterocycles. The number of ether oxygens (including phenoxy) is 2. The summed E-state index contributed by atoms with van der Waals surface area (Å²) in [5, 5.41) is 3.60. The summed E-state index contributed by atoms with van der Waals surface area (Å²) < 4.78 is 11.3. The van der Waals surface area contributed by atoms with Crippen molar-refractivity contribution in [3.63, 3.8) is 0 Å². The van der Waals surface area contributed by atoms with Gasteiger partial charge in [0.1, 0.15) is 0 Å². The Morgan fingerprint density at radius 2 is 1.19 bits per heavy atom. The van der Waals surface area contributed by atoms with Gasteiger partial charge in [0.15, 0.2) is 0 Å². The molecule has 1 unspecified atom stereocenters. The van der Waals surface area contributed by atoms with E-state index in [2.05, 4.69) is 78.6 Å². The SMILES string of the molecule is O=C1CCOC(C=P(c2ccccc2)(c2ccccc2)c2ccccc2)O1. The molecule has 4 heteroatoms. The van der Waals surface area contributed by atoms with Crippen molar-refractivity contribution in [2.24, 2.45) is 0 Å². The number of hydrogen-bond acceptors (Lipinski definition) is 3. The van der Waals surface area contributed by atoms with Crippen molar-refractivity contribution in [3.8, 4) is 0 Å². The molecule has 0 saturated carbocycles. The highest BCUT2D eigenvalue weighted by atomic mass is 31.2. The van der Waals surface area contributed by atoms with E-state index in [0.29, 0.717) is 13.0 Å². The largest absolute Gasteiger partial charge is 0.432 e. The van der Waals surface area contributed by atoms with Gasteiger partial charge in [-0.3, -0.25) is 4.79 Å². The van der Waals surface area contributed by atoms with Crippen LogP contribution in [0.5, 0.6) is 0 Å². The van der Waals surface area contributed by atoms with Crippen molar-refractivity contribution in [1.82, 2.24) is 0 Å². The fraction of sp³-hybridized carbons (Fsp3) is 0.130. The highest BCUT2D eigenvalue weighted by Crippen LogP contribution is 2.44. The van der Waals surface area contributed by atoms with Crippen LogP contribution < -0.4 is 15.9 Å². The lowest BCUT2D eigenvalue weighted by Crippen LogP contribution is -2.35. The Kier molecular flexibility index (Phi) is 5.24. The van der Waals surface area contributed by atoms with Gasteiger partial charge in [-0.1, -0.05) is 91.0 Å². The van der Waals surface area contributed by atoms with Gasteiger partial charge >= 0.3 is 5.97 Å². The normalized spacial score (nSPS) is 17.2. The molecule has 3 aromatic carbocycles. The summed E-state index contributed by atoms with van der Waals surface area (Å²) in [5.74, 6) is 1.90. The van der Waals surface area contributed by atoms with Gasteiger partial charge in [-0.15, -0.1) is 0 Å². The maximum Gasteiger partial charge on any atom is 0.310 e. The molecule has 136 valence electrons. The third kappa shape index (κ3) is 3.62. The zero-order chi connectivity index (χ0) is 18.5. The van der Waals surface area contributed by atoms with Crippen LogP contribution in [-0.4, -0.2) is 24.7 Å². The number of carbonyl (C=O) groups is 1. The summed E-state index contributed by atoms with van der Waals surface area (Å²) in [5.41, 5.74) is 0. The Hall–Kier alpha value is -2.61. The number of hydrogen-bond donors (Lipinski definition) is 0. The second-order valence-corrected chi connectivity index (χ2v) is 9.65. The molecule has 1 aliphatic rings. The third-order valence-electron chi connectivity index (χ3n) is 4.67. The second kappa shape index (κ2) is 7.96. The molecule has 1 fully saturated rings. The van der Waals surface area contributed by atoms with E-state index in [1.165, 1.54) is 15.9 Å².